The van der Waals surface area contributed by atoms with Crippen LogP contribution < -0.4 is 10.2 Å². The monoisotopic (exact) mass is 204 g/mol. The fourth-order valence-electron chi connectivity index (χ4n) is 2.16. The van der Waals surface area contributed by atoms with Gasteiger partial charge in [0.25, 0.3) is 0 Å². The van der Waals surface area contributed by atoms with E-state index in [1.54, 1.807) is 0 Å². The summed E-state index contributed by atoms with van der Waals surface area (Å²) in [5, 5.41) is 3.47. The maximum Gasteiger partial charge on any atom is 0.0414 e. The molecule has 1 aromatic carbocycles. The fraction of sp³-hybridized carbons (Fsp3) is 0.538. The van der Waals surface area contributed by atoms with E-state index in [9.17, 15) is 0 Å². The molecule has 0 aliphatic carbocycles. The van der Waals surface area contributed by atoms with Gasteiger partial charge in [-0.2, -0.15) is 0 Å². The summed E-state index contributed by atoms with van der Waals surface area (Å²) in [5.41, 5.74) is 2.84. The van der Waals surface area contributed by atoms with Gasteiger partial charge in [-0.05, 0) is 25.0 Å². The normalized spacial score (nSPS) is 18.1. The lowest BCUT2D eigenvalue weighted by Crippen LogP contribution is -2.36. The van der Waals surface area contributed by atoms with Gasteiger partial charge in [-0.25, -0.2) is 0 Å². The topological polar surface area (TPSA) is 15.3 Å². The van der Waals surface area contributed by atoms with Crippen molar-refractivity contribution in [3.05, 3.63) is 29.8 Å². The third-order valence-electron chi connectivity index (χ3n) is 3.27. The number of hydrogen-bond donors (Lipinski definition) is 1. The molecule has 1 unspecified atom stereocenters. The molecule has 1 heterocycles. The molecule has 15 heavy (non-hydrogen) atoms. The largest absolute Gasteiger partial charge is 0.367 e. The molecule has 0 amide bonds. The zero-order chi connectivity index (χ0) is 10.7. The van der Waals surface area contributed by atoms with E-state index in [2.05, 4.69) is 48.3 Å². The van der Waals surface area contributed by atoms with Crippen molar-refractivity contribution < 1.29 is 0 Å². The van der Waals surface area contributed by atoms with E-state index in [1.807, 2.05) is 0 Å². The SMILES string of the molecule is CCC(C)N1CCNCc2ccccc21. The average molecular weight is 204 g/mol. The predicted octanol–water partition coefficient (Wildman–Crippen LogP) is 2.39. The third-order valence-corrected chi connectivity index (χ3v) is 3.27. The number of nitrogens with one attached hydrogen (secondary N) is 1. The lowest BCUT2D eigenvalue weighted by atomic mass is 10.1. The second-order valence-corrected chi connectivity index (χ2v) is 4.26. The number of rotatable bonds is 2. The van der Waals surface area contributed by atoms with Crippen LogP contribution in [-0.4, -0.2) is 19.1 Å². The van der Waals surface area contributed by atoms with Gasteiger partial charge in [0, 0.05) is 31.4 Å². The van der Waals surface area contributed by atoms with Gasteiger partial charge < -0.3 is 10.2 Å². The van der Waals surface area contributed by atoms with Crippen LogP contribution >= 0.6 is 0 Å². The van der Waals surface area contributed by atoms with Crippen molar-refractivity contribution in [1.29, 1.82) is 0 Å². The number of benzene rings is 1. The summed E-state index contributed by atoms with van der Waals surface area (Å²) in [6.07, 6.45) is 1.20. The molecule has 1 atom stereocenters. The van der Waals surface area contributed by atoms with E-state index in [0.717, 1.165) is 19.6 Å². The van der Waals surface area contributed by atoms with Crippen molar-refractivity contribution in [2.45, 2.75) is 32.9 Å². The van der Waals surface area contributed by atoms with Gasteiger partial charge in [0.2, 0.25) is 0 Å². The Kier molecular flexibility index (Phi) is 3.27. The van der Waals surface area contributed by atoms with Crippen LogP contribution in [0.2, 0.25) is 0 Å². The first kappa shape index (κ1) is 10.5. The van der Waals surface area contributed by atoms with Gasteiger partial charge in [0.15, 0.2) is 0 Å². The Morgan fingerprint density at radius 3 is 3.00 bits per heavy atom. The van der Waals surface area contributed by atoms with E-state index in [4.69, 9.17) is 0 Å². The minimum atomic E-state index is 0.631. The van der Waals surface area contributed by atoms with Crippen molar-refractivity contribution >= 4 is 5.69 Å². The maximum atomic E-state index is 3.47. The van der Waals surface area contributed by atoms with Crippen LogP contribution in [0.25, 0.3) is 0 Å². The average Bonchev–Trinajstić information content (AvgIpc) is 2.50. The highest BCUT2D eigenvalue weighted by atomic mass is 15.2. The van der Waals surface area contributed by atoms with Gasteiger partial charge >= 0.3 is 0 Å². The summed E-state index contributed by atoms with van der Waals surface area (Å²) < 4.78 is 0. The van der Waals surface area contributed by atoms with Crippen molar-refractivity contribution in [2.24, 2.45) is 0 Å². The van der Waals surface area contributed by atoms with Crippen molar-refractivity contribution in [1.82, 2.24) is 5.32 Å². The van der Waals surface area contributed by atoms with Crippen LogP contribution in [0.3, 0.4) is 0 Å². The Balaban J connectivity index is 2.32. The highest BCUT2D eigenvalue weighted by molar-refractivity contribution is 5.55. The van der Waals surface area contributed by atoms with Crippen LogP contribution in [0.15, 0.2) is 24.3 Å². The van der Waals surface area contributed by atoms with Gasteiger partial charge in [-0.1, -0.05) is 25.1 Å². The molecule has 82 valence electrons. The lowest BCUT2D eigenvalue weighted by Gasteiger charge is -2.30. The quantitative estimate of drug-likeness (QED) is 0.795. The molecule has 0 saturated heterocycles. The molecule has 0 radical (unpaired) electrons. The minimum Gasteiger partial charge on any atom is -0.367 e. The van der Waals surface area contributed by atoms with E-state index in [1.165, 1.54) is 17.7 Å². The Morgan fingerprint density at radius 2 is 2.20 bits per heavy atom. The van der Waals surface area contributed by atoms with Crippen LogP contribution in [0.5, 0.6) is 0 Å². The highest BCUT2D eigenvalue weighted by Crippen LogP contribution is 2.24. The molecular weight excluding hydrogens is 184 g/mol. The van der Waals surface area contributed by atoms with Crippen LogP contribution in [0.4, 0.5) is 5.69 Å². The standard InChI is InChI=1S/C13H20N2/c1-3-11(2)15-9-8-14-10-12-6-4-5-7-13(12)15/h4-7,11,14H,3,8-10H2,1-2H3. The molecule has 1 aromatic rings. The maximum absolute atomic E-state index is 3.47. The molecule has 1 aliphatic heterocycles. The molecule has 1 aliphatic rings. The lowest BCUT2D eigenvalue weighted by molar-refractivity contribution is 0.602. The first-order chi connectivity index (χ1) is 7.33. The molecule has 2 rings (SSSR count). The first-order valence-corrected chi connectivity index (χ1v) is 5.88. The van der Waals surface area contributed by atoms with Gasteiger partial charge in [-0.15, -0.1) is 0 Å². The Hall–Kier alpha value is -1.02. The number of hydrogen-bond acceptors (Lipinski definition) is 2. The molecule has 0 saturated carbocycles. The number of fused-ring (bicyclic) bond motifs is 1. The summed E-state index contributed by atoms with van der Waals surface area (Å²) in [6.45, 7) is 7.77. The zero-order valence-electron chi connectivity index (χ0n) is 9.66. The molecule has 0 spiro atoms. The van der Waals surface area contributed by atoms with Crippen molar-refractivity contribution in [2.75, 3.05) is 18.0 Å². The molecule has 2 heteroatoms. The minimum absolute atomic E-state index is 0.631. The molecular formula is C13H20N2. The van der Waals surface area contributed by atoms with E-state index in [0.29, 0.717) is 6.04 Å². The van der Waals surface area contributed by atoms with E-state index >= 15 is 0 Å². The number of anilines is 1. The Labute approximate surface area is 92.3 Å². The molecule has 0 aromatic heterocycles. The fourth-order valence-corrected chi connectivity index (χ4v) is 2.16. The van der Waals surface area contributed by atoms with E-state index in [-0.39, 0.29) is 0 Å². The first-order valence-electron chi connectivity index (χ1n) is 5.88. The van der Waals surface area contributed by atoms with Crippen molar-refractivity contribution in [3.8, 4) is 0 Å². The number of nitrogens with zero attached hydrogens (tertiary/aromatic N) is 1. The smallest absolute Gasteiger partial charge is 0.0414 e. The van der Waals surface area contributed by atoms with E-state index < -0.39 is 0 Å². The van der Waals surface area contributed by atoms with Gasteiger partial charge in [0.05, 0.1) is 0 Å². The van der Waals surface area contributed by atoms with Crippen molar-refractivity contribution in [3.63, 3.8) is 0 Å². The Morgan fingerprint density at radius 1 is 1.40 bits per heavy atom. The zero-order valence-corrected chi connectivity index (χ0v) is 9.66. The van der Waals surface area contributed by atoms with Gasteiger partial charge in [-0.3, -0.25) is 0 Å². The predicted molar refractivity (Wildman–Crippen MR) is 65.2 cm³/mol. The third kappa shape index (κ3) is 2.15. The summed E-state index contributed by atoms with van der Waals surface area (Å²) in [6, 6.07) is 9.36. The number of para-hydroxylation sites is 1. The van der Waals surface area contributed by atoms with Crippen LogP contribution in [0, 0.1) is 0 Å². The second-order valence-electron chi connectivity index (χ2n) is 4.26. The molecule has 0 fully saturated rings. The molecule has 2 nitrogen and oxygen atoms in total. The highest BCUT2D eigenvalue weighted by Gasteiger charge is 2.17. The second kappa shape index (κ2) is 4.67. The molecule has 0 bridgehead atoms. The summed E-state index contributed by atoms with van der Waals surface area (Å²) >= 11 is 0. The van der Waals surface area contributed by atoms with Crippen LogP contribution in [-0.2, 0) is 6.54 Å². The summed E-state index contributed by atoms with van der Waals surface area (Å²) in [4.78, 5) is 2.52. The summed E-state index contributed by atoms with van der Waals surface area (Å²) in [7, 11) is 0. The Bertz CT molecular complexity index is 322. The van der Waals surface area contributed by atoms with Crippen LogP contribution in [0.1, 0.15) is 25.8 Å². The molecule has 1 N–H and O–H groups in total. The van der Waals surface area contributed by atoms with Gasteiger partial charge in [0.1, 0.15) is 0 Å². The summed E-state index contributed by atoms with van der Waals surface area (Å²) in [5.74, 6) is 0.